The molecule has 0 bridgehead atoms. The van der Waals surface area contributed by atoms with Crippen molar-refractivity contribution >= 4 is 47.8 Å². The van der Waals surface area contributed by atoms with Crippen molar-refractivity contribution in [2.45, 2.75) is 128 Å². The van der Waals surface area contributed by atoms with E-state index in [9.17, 15) is 145 Å². The molecule has 0 amide bonds. The van der Waals surface area contributed by atoms with Gasteiger partial charge in [-0.25, -0.2) is 0 Å². The molecule has 20 nitrogen and oxygen atoms in total. The van der Waals surface area contributed by atoms with Gasteiger partial charge in [0, 0.05) is 99.0 Å². The van der Waals surface area contributed by atoms with E-state index in [1.807, 2.05) is 0 Å². The second kappa shape index (κ2) is 55.7. The van der Waals surface area contributed by atoms with Crippen LogP contribution in [-0.2, 0) is 165 Å². The van der Waals surface area contributed by atoms with Crippen LogP contribution >= 0.6 is 0 Å². The number of carboxylic acids is 8. The summed E-state index contributed by atoms with van der Waals surface area (Å²) in [5, 5.41) is 77.3. The Morgan fingerprint density at radius 1 is 0.231 bits per heavy atom. The largest absolute Gasteiger partial charge is 2.00 e. The smallest absolute Gasteiger partial charge is 0.550 e. The minimum atomic E-state index is -5.20. The molecule has 48 heteroatoms. The molecule has 616 valence electrons. The Bertz CT molecular complexity index is 2700. The molecule has 0 atom stereocenters. The number of aromatic carboxylic acids is 4. The molecule has 8 rings (SSSR count). The van der Waals surface area contributed by atoms with Gasteiger partial charge in [0.1, 0.15) is 0 Å². The predicted octanol–water partition coefficient (Wildman–Crippen LogP) is 6.55. The van der Waals surface area contributed by atoms with E-state index < -0.39 is 164 Å². The number of hydrogen-bond acceptors (Lipinski definition) is 20. The van der Waals surface area contributed by atoms with E-state index in [0.29, 0.717) is 24.3 Å². The maximum Gasteiger partial charge on any atom is 2.00 e. The summed E-state index contributed by atoms with van der Waals surface area (Å²) in [6.45, 7) is 11.9. The van der Waals surface area contributed by atoms with Gasteiger partial charge in [-0.2, -0.15) is 105 Å². The molecule has 0 unspecified atom stereocenters. The second-order valence-corrected chi connectivity index (χ2v) is 19.3. The third-order valence-electron chi connectivity index (χ3n) is 10.8. The van der Waals surface area contributed by atoms with Crippen molar-refractivity contribution in [3.05, 3.63) is 140 Å². The third kappa shape index (κ3) is 54.0. The fourth-order valence-electron chi connectivity index (χ4n) is 7.02. The van der Waals surface area contributed by atoms with Crippen LogP contribution in [0.15, 0.2) is 72.8 Å². The molecular formula is C60H56F24O20Ru4. The van der Waals surface area contributed by atoms with Crippen LogP contribution in [0.2, 0.25) is 0 Å². The molecule has 0 saturated carbocycles. The minimum absolute atomic E-state index is 0. The van der Waals surface area contributed by atoms with Crippen LogP contribution in [0.4, 0.5) is 105 Å². The molecule has 0 spiro atoms. The number of benzene rings is 4. The van der Waals surface area contributed by atoms with E-state index in [1.54, 1.807) is 0 Å². The molecule has 0 aromatic heterocycles. The summed E-state index contributed by atoms with van der Waals surface area (Å²) in [5.74, 6) is -14.4. The standard InChI is InChI=1S/4C9H4F6O2.4C4H8O.4C2H4O2.4Ru/c4*10-8(11,12)4-2-1-3-5(9(13,14)15)6(4)7(16)17;4*1-2-4-5-3-1;4*1-2(3)4;;;;/h4*1-3H,(H,16,17);4*1-4H2;4*1H3,(H,3,4);;;;/q;;;;;;;;;;;;4*+2/p-8. The molecule has 4 aromatic rings. The average Bonchev–Trinajstić information content (AvgIpc) is 0.829. The molecule has 0 aliphatic carbocycles. The van der Waals surface area contributed by atoms with E-state index in [4.69, 9.17) is 58.6 Å². The summed E-state index contributed by atoms with van der Waals surface area (Å²) >= 11 is 0. The Labute approximate surface area is 646 Å². The molecular weight excluding hydrogens is 1900 g/mol. The van der Waals surface area contributed by atoms with Crippen molar-refractivity contribution in [3.63, 3.8) is 0 Å². The van der Waals surface area contributed by atoms with Gasteiger partial charge in [-0.05, 0) is 128 Å². The number of aliphatic carboxylic acids is 4. The molecule has 4 fully saturated rings. The number of carbonyl (C=O) groups excluding carboxylic acids is 8. The Hall–Kier alpha value is -6.71. The Morgan fingerprint density at radius 2 is 0.315 bits per heavy atom. The normalized spacial score (nSPS) is 13.3. The van der Waals surface area contributed by atoms with E-state index in [-0.39, 0.29) is 126 Å². The first-order valence-corrected chi connectivity index (χ1v) is 28.1. The SMILES string of the molecule is C1CCOC1.C1CCOC1.C1CCOC1.C1CCOC1.CC(=O)[O-].CC(=O)[O-].CC(=O)[O-].CC(=O)[O-].O=C([O-])c1c(C(F)(F)F)cccc1C(F)(F)F.O=C([O-])c1c(C(F)(F)F)cccc1C(F)(F)F.O=C([O-])c1c(C(F)(F)F)cccc1C(F)(F)F.O=C([O-])c1c(C(F)(F)F)cccc1C(F)(F)F.[Ru+2].[Ru+2].[Ru+2].[Ru+2]. The van der Waals surface area contributed by atoms with E-state index >= 15 is 0 Å². The summed E-state index contributed by atoms with van der Waals surface area (Å²) in [4.78, 5) is 77.3. The van der Waals surface area contributed by atoms with Crippen molar-refractivity contribution < 1.29 is 281 Å². The topological polar surface area (TPSA) is 358 Å². The number of carboxylic acid groups (broad SMARTS) is 8. The molecule has 4 aliphatic heterocycles. The monoisotopic (exact) mass is 1960 g/mol. The molecule has 4 heterocycles. The third-order valence-corrected chi connectivity index (χ3v) is 10.8. The van der Waals surface area contributed by atoms with Crippen LogP contribution in [0, 0.1) is 0 Å². The van der Waals surface area contributed by atoms with Crippen molar-refractivity contribution in [1.29, 1.82) is 0 Å². The fraction of sp³-hybridized carbons (Fsp3) is 0.467. The summed E-state index contributed by atoms with van der Waals surface area (Å²) in [6.07, 6.45) is -31.4. The summed E-state index contributed by atoms with van der Waals surface area (Å²) in [6, 6.07) is 3.94. The van der Waals surface area contributed by atoms with Crippen LogP contribution in [0.5, 0.6) is 0 Å². The van der Waals surface area contributed by atoms with Gasteiger partial charge >= 0.3 is 127 Å². The van der Waals surface area contributed by atoms with Crippen LogP contribution in [0.3, 0.4) is 0 Å². The van der Waals surface area contributed by atoms with Crippen LogP contribution in [0.1, 0.15) is 165 Å². The number of alkyl halides is 24. The van der Waals surface area contributed by atoms with Crippen LogP contribution in [-0.4, -0.2) is 101 Å². The van der Waals surface area contributed by atoms with Gasteiger partial charge in [-0.15, -0.1) is 0 Å². The van der Waals surface area contributed by atoms with Gasteiger partial charge < -0.3 is 98.2 Å². The predicted molar refractivity (Wildman–Crippen MR) is 286 cm³/mol. The summed E-state index contributed by atoms with van der Waals surface area (Å²) in [5.41, 5.74) is -22.6. The van der Waals surface area contributed by atoms with E-state index in [2.05, 4.69) is 0 Å². The maximum atomic E-state index is 12.3. The van der Waals surface area contributed by atoms with Crippen LogP contribution in [0.25, 0.3) is 0 Å². The van der Waals surface area contributed by atoms with Crippen molar-refractivity contribution in [1.82, 2.24) is 0 Å². The van der Waals surface area contributed by atoms with Gasteiger partial charge in [0.15, 0.2) is 0 Å². The molecule has 0 N–H and O–H groups in total. The Morgan fingerprint density at radius 3 is 0.361 bits per heavy atom. The number of hydrogen-bond donors (Lipinski definition) is 0. The number of halogens is 24. The van der Waals surface area contributed by atoms with Crippen molar-refractivity contribution in [2.24, 2.45) is 0 Å². The first-order chi connectivity index (χ1) is 47.1. The first kappa shape index (κ1) is 117. The first-order valence-electron chi connectivity index (χ1n) is 28.1. The molecule has 4 saturated heterocycles. The second-order valence-electron chi connectivity index (χ2n) is 19.3. The van der Waals surface area contributed by atoms with Gasteiger partial charge in [0.2, 0.25) is 0 Å². The summed E-state index contributed by atoms with van der Waals surface area (Å²) < 4.78 is 315. The number of ether oxygens (including phenoxy) is 4. The molecule has 4 aliphatic rings. The molecule has 0 radical (unpaired) electrons. The van der Waals surface area contributed by atoms with Gasteiger partial charge in [-0.1, -0.05) is 24.3 Å². The Kier molecular flexibility index (Phi) is 60.3. The zero-order valence-corrected chi connectivity index (χ0v) is 61.8. The molecule has 108 heavy (non-hydrogen) atoms. The quantitative estimate of drug-likeness (QED) is 0.154. The average molecular weight is 1960 g/mol. The van der Waals surface area contributed by atoms with E-state index in [0.717, 1.165) is 80.6 Å². The fourth-order valence-corrected chi connectivity index (χ4v) is 7.02. The molecule has 4 aromatic carbocycles. The minimum Gasteiger partial charge on any atom is -0.550 e. The van der Waals surface area contributed by atoms with E-state index in [1.165, 1.54) is 51.4 Å². The van der Waals surface area contributed by atoms with Crippen molar-refractivity contribution in [2.75, 3.05) is 52.9 Å². The van der Waals surface area contributed by atoms with Crippen molar-refractivity contribution in [3.8, 4) is 0 Å². The zero-order valence-electron chi connectivity index (χ0n) is 54.9. The summed E-state index contributed by atoms with van der Waals surface area (Å²) in [7, 11) is 0. The number of rotatable bonds is 4. The van der Waals surface area contributed by atoms with Crippen LogP contribution < -0.4 is 40.9 Å². The zero-order chi connectivity index (χ0) is 82.2. The number of carbonyl (C=O) groups is 8. The van der Waals surface area contributed by atoms with Gasteiger partial charge in [-0.3, -0.25) is 0 Å². The Balaban J connectivity index is -0.000000176. The van der Waals surface area contributed by atoms with Gasteiger partial charge in [0.25, 0.3) is 0 Å². The van der Waals surface area contributed by atoms with Gasteiger partial charge in [0.05, 0.1) is 68.4 Å². The maximum absolute atomic E-state index is 12.3.